The van der Waals surface area contributed by atoms with Gasteiger partial charge in [0.2, 0.25) is 0 Å². The molecule has 1 aromatic carbocycles. The summed E-state index contributed by atoms with van der Waals surface area (Å²) < 4.78 is 13.5. The molecule has 0 aliphatic heterocycles. The van der Waals surface area contributed by atoms with E-state index in [-0.39, 0.29) is 5.92 Å². The maximum absolute atomic E-state index is 13.5. The second kappa shape index (κ2) is 4.71. The van der Waals surface area contributed by atoms with Crippen molar-refractivity contribution < 1.29 is 4.39 Å². The second-order valence-electron chi connectivity index (χ2n) is 4.57. The lowest BCUT2D eigenvalue weighted by atomic mass is 9.97. The van der Waals surface area contributed by atoms with Crippen molar-refractivity contribution in [2.24, 2.45) is 5.84 Å². The number of nitrogen functional groups attached to an aromatic ring is 1. The van der Waals surface area contributed by atoms with Crippen molar-refractivity contribution in [3.05, 3.63) is 34.2 Å². The molecule has 0 saturated heterocycles. The topological polar surface area (TPSA) is 50.9 Å². The van der Waals surface area contributed by atoms with Crippen LogP contribution in [0.15, 0.2) is 12.1 Å². The molecule has 3 nitrogen and oxygen atoms in total. The Morgan fingerprint density at radius 3 is 2.61 bits per heavy atom. The second-order valence-corrected chi connectivity index (χ2v) is 4.98. The summed E-state index contributed by atoms with van der Waals surface area (Å²) in [6.45, 7) is 5.98. The van der Waals surface area contributed by atoms with E-state index in [0.717, 1.165) is 11.3 Å². The predicted octanol–water partition coefficient (Wildman–Crippen LogP) is 3.74. The Morgan fingerprint density at radius 2 is 2.06 bits per heavy atom. The largest absolute Gasteiger partial charge is 0.323 e. The van der Waals surface area contributed by atoms with Crippen LogP contribution in [0.25, 0.3) is 10.9 Å². The number of nitrogens with two attached hydrogens (primary N) is 1. The summed E-state index contributed by atoms with van der Waals surface area (Å²) in [7, 11) is 0. The highest BCUT2D eigenvalue weighted by molar-refractivity contribution is 6.35. The Morgan fingerprint density at radius 1 is 1.39 bits per heavy atom. The molecule has 1 heterocycles. The number of nitrogens with one attached hydrogen (secondary N) is 1. The third-order valence-electron chi connectivity index (χ3n) is 2.96. The molecule has 0 bridgehead atoms. The van der Waals surface area contributed by atoms with Gasteiger partial charge < -0.3 is 5.43 Å². The number of aromatic nitrogens is 1. The highest BCUT2D eigenvalue weighted by Gasteiger charge is 2.17. The number of hydrazine groups is 1. The lowest BCUT2D eigenvalue weighted by Crippen LogP contribution is -2.12. The molecule has 2 aromatic rings. The number of aryl methyl sites for hydroxylation is 1. The fourth-order valence-electron chi connectivity index (χ4n) is 2.29. The molecule has 0 fully saturated rings. The fourth-order valence-corrected chi connectivity index (χ4v) is 2.53. The molecule has 5 heteroatoms. The summed E-state index contributed by atoms with van der Waals surface area (Å²) in [5.74, 6) is 5.41. The lowest BCUT2D eigenvalue weighted by molar-refractivity contribution is 0.629. The molecular formula is C13H15ClFN3. The average Bonchev–Trinajstić information content (AvgIpc) is 2.28. The monoisotopic (exact) mass is 267 g/mol. The summed E-state index contributed by atoms with van der Waals surface area (Å²) in [6, 6.07) is 2.65. The molecule has 0 aliphatic rings. The lowest BCUT2D eigenvalue weighted by Gasteiger charge is -2.18. The number of nitrogens with zero attached hydrogens (tertiary/aromatic N) is 1. The maximum atomic E-state index is 13.5. The Hall–Kier alpha value is -1.39. The van der Waals surface area contributed by atoms with E-state index in [1.165, 1.54) is 12.1 Å². The smallest absolute Gasteiger partial charge is 0.125 e. The molecule has 0 radical (unpaired) electrons. The summed E-state index contributed by atoms with van der Waals surface area (Å²) in [4.78, 5) is 4.45. The Bertz CT molecular complexity index is 611. The molecule has 0 atom stereocenters. The van der Waals surface area contributed by atoms with Gasteiger partial charge in [-0.05, 0) is 25.0 Å². The van der Waals surface area contributed by atoms with Gasteiger partial charge in [-0.15, -0.1) is 0 Å². The molecule has 1 aromatic heterocycles. The van der Waals surface area contributed by atoms with Gasteiger partial charge in [-0.3, -0.25) is 10.8 Å². The number of hydrogen-bond acceptors (Lipinski definition) is 3. The minimum Gasteiger partial charge on any atom is -0.323 e. The molecular weight excluding hydrogens is 253 g/mol. The van der Waals surface area contributed by atoms with Gasteiger partial charge in [0.15, 0.2) is 0 Å². The van der Waals surface area contributed by atoms with E-state index in [2.05, 4.69) is 10.4 Å². The summed E-state index contributed by atoms with van der Waals surface area (Å²) in [6.07, 6.45) is 0. The zero-order valence-corrected chi connectivity index (χ0v) is 11.3. The number of anilines is 1. The van der Waals surface area contributed by atoms with E-state index in [9.17, 15) is 4.39 Å². The van der Waals surface area contributed by atoms with Crippen molar-refractivity contribution in [2.45, 2.75) is 26.7 Å². The standard InChI is InChI=1S/C13H15ClFN3/c1-6(2)11-7(3)17-12-9(13(11)18-16)4-8(15)5-10(12)14/h4-6H,16H2,1-3H3,(H,17,18). The Kier molecular flexibility index (Phi) is 3.41. The van der Waals surface area contributed by atoms with Gasteiger partial charge in [-0.1, -0.05) is 25.4 Å². The van der Waals surface area contributed by atoms with E-state index in [4.69, 9.17) is 17.4 Å². The van der Waals surface area contributed by atoms with Crippen molar-refractivity contribution in [3.8, 4) is 0 Å². The first-order valence-electron chi connectivity index (χ1n) is 5.71. The highest BCUT2D eigenvalue weighted by atomic mass is 35.5. The third-order valence-corrected chi connectivity index (χ3v) is 3.25. The zero-order chi connectivity index (χ0) is 13.4. The van der Waals surface area contributed by atoms with Crippen molar-refractivity contribution >= 4 is 28.2 Å². The maximum Gasteiger partial charge on any atom is 0.125 e. The first-order valence-corrected chi connectivity index (χ1v) is 6.09. The average molecular weight is 268 g/mol. The van der Waals surface area contributed by atoms with Gasteiger partial charge in [0.1, 0.15) is 5.82 Å². The first kappa shape index (κ1) is 13.1. The number of halogens is 2. The Balaban J connectivity index is 2.94. The van der Waals surface area contributed by atoms with E-state index in [0.29, 0.717) is 21.6 Å². The molecule has 18 heavy (non-hydrogen) atoms. The van der Waals surface area contributed by atoms with Crippen LogP contribution in [0.5, 0.6) is 0 Å². The molecule has 2 rings (SSSR count). The van der Waals surface area contributed by atoms with Crippen LogP contribution in [-0.2, 0) is 0 Å². The van der Waals surface area contributed by atoms with Crippen LogP contribution in [0.3, 0.4) is 0 Å². The summed E-state index contributed by atoms with van der Waals surface area (Å²) >= 11 is 6.02. The molecule has 3 N–H and O–H groups in total. The van der Waals surface area contributed by atoms with Crippen molar-refractivity contribution in [2.75, 3.05) is 5.43 Å². The highest BCUT2D eigenvalue weighted by Crippen LogP contribution is 2.35. The number of pyridine rings is 1. The number of benzene rings is 1. The predicted molar refractivity (Wildman–Crippen MR) is 73.3 cm³/mol. The fraction of sp³-hybridized carbons (Fsp3) is 0.308. The van der Waals surface area contributed by atoms with Gasteiger partial charge in [0, 0.05) is 16.6 Å². The SMILES string of the molecule is Cc1nc2c(Cl)cc(F)cc2c(NN)c1C(C)C. The van der Waals surface area contributed by atoms with Gasteiger partial charge in [0.25, 0.3) is 0 Å². The van der Waals surface area contributed by atoms with Crippen LogP contribution in [-0.4, -0.2) is 4.98 Å². The summed E-state index contributed by atoms with van der Waals surface area (Å²) in [5, 5.41) is 0.900. The third kappa shape index (κ3) is 2.02. The molecule has 0 unspecified atom stereocenters. The molecule has 0 spiro atoms. The van der Waals surface area contributed by atoms with Crippen LogP contribution in [0.2, 0.25) is 5.02 Å². The van der Waals surface area contributed by atoms with Crippen LogP contribution in [0, 0.1) is 12.7 Å². The van der Waals surface area contributed by atoms with Gasteiger partial charge in [0.05, 0.1) is 16.2 Å². The normalized spacial score (nSPS) is 11.3. The first-order chi connectivity index (χ1) is 8.45. The van der Waals surface area contributed by atoms with E-state index >= 15 is 0 Å². The van der Waals surface area contributed by atoms with Crippen LogP contribution in [0.1, 0.15) is 31.0 Å². The number of hydrogen-bond donors (Lipinski definition) is 2. The molecule has 96 valence electrons. The van der Waals surface area contributed by atoms with Gasteiger partial charge >= 0.3 is 0 Å². The minimum atomic E-state index is -0.399. The van der Waals surface area contributed by atoms with Crippen LogP contribution in [0.4, 0.5) is 10.1 Å². The van der Waals surface area contributed by atoms with Gasteiger partial charge in [-0.25, -0.2) is 4.39 Å². The molecule has 0 saturated carbocycles. The van der Waals surface area contributed by atoms with Crippen molar-refractivity contribution in [1.82, 2.24) is 4.98 Å². The molecule has 0 aliphatic carbocycles. The number of fused-ring (bicyclic) bond motifs is 1. The van der Waals surface area contributed by atoms with Crippen molar-refractivity contribution in [1.29, 1.82) is 0 Å². The number of rotatable bonds is 2. The Labute approximate surface area is 110 Å². The van der Waals surface area contributed by atoms with Crippen LogP contribution >= 0.6 is 11.6 Å². The van der Waals surface area contributed by atoms with Crippen molar-refractivity contribution in [3.63, 3.8) is 0 Å². The minimum absolute atomic E-state index is 0.231. The van der Waals surface area contributed by atoms with Crippen LogP contribution < -0.4 is 11.3 Å². The van der Waals surface area contributed by atoms with E-state index in [1.54, 1.807) is 0 Å². The van der Waals surface area contributed by atoms with Gasteiger partial charge in [-0.2, -0.15) is 0 Å². The molecule has 0 amide bonds. The zero-order valence-electron chi connectivity index (χ0n) is 10.5. The van der Waals surface area contributed by atoms with E-state index in [1.807, 2.05) is 20.8 Å². The quantitative estimate of drug-likeness (QED) is 0.644. The van der Waals surface area contributed by atoms with E-state index < -0.39 is 5.82 Å². The summed E-state index contributed by atoms with van der Waals surface area (Å²) in [5.41, 5.74) is 5.73.